The standard InChI is InChI=1S/C10H10N4O2/c15-10(16)6-3-14(4-6)9-7-1-2-11-8(7)12-5-13-9/h1-2,5-6H,3-4H2,(H,15,16)(H,11,12,13). The predicted octanol–water partition coefficient (Wildman–Crippen LogP) is 0.479. The summed E-state index contributed by atoms with van der Waals surface area (Å²) in [6, 6.07) is 1.90. The Balaban J connectivity index is 1.91. The summed E-state index contributed by atoms with van der Waals surface area (Å²) < 4.78 is 0. The van der Waals surface area contributed by atoms with E-state index >= 15 is 0 Å². The van der Waals surface area contributed by atoms with E-state index in [-0.39, 0.29) is 5.92 Å². The molecule has 82 valence electrons. The van der Waals surface area contributed by atoms with E-state index in [4.69, 9.17) is 5.11 Å². The fraction of sp³-hybridized carbons (Fsp3) is 0.300. The molecular weight excluding hydrogens is 208 g/mol. The molecule has 0 spiro atoms. The molecule has 2 aromatic heterocycles. The highest BCUT2D eigenvalue weighted by Crippen LogP contribution is 2.28. The van der Waals surface area contributed by atoms with Crippen molar-refractivity contribution in [1.82, 2.24) is 15.0 Å². The lowest BCUT2D eigenvalue weighted by Gasteiger charge is -2.37. The van der Waals surface area contributed by atoms with Crippen molar-refractivity contribution in [3.05, 3.63) is 18.6 Å². The van der Waals surface area contributed by atoms with Crippen LogP contribution in [0.5, 0.6) is 0 Å². The van der Waals surface area contributed by atoms with E-state index in [1.54, 1.807) is 6.20 Å². The minimum Gasteiger partial charge on any atom is -0.481 e. The Labute approximate surface area is 90.9 Å². The average Bonchev–Trinajstić information content (AvgIpc) is 2.63. The number of hydrogen-bond donors (Lipinski definition) is 2. The van der Waals surface area contributed by atoms with Gasteiger partial charge in [-0.2, -0.15) is 0 Å². The first-order valence-corrected chi connectivity index (χ1v) is 5.01. The molecule has 0 unspecified atom stereocenters. The molecule has 0 aromatic carbocycles. The number of aliphatic carboxylic acids is 1. The summed E-state index contributed by atoms with van der Waals surface area (Å²) in [6.45, 7) is 1.04. The average molecular weight is 218 g/mol. The van der Waals surface area contributed by atoms with Crippen molar-refractivity contribution in [1.29, 1.82) is 0 Å². The van der Waals surface area contributed by atoms with Crippen LogP contribution < -0.4 is 4.90 Å². The zero-order chi connectivity index (χ0) is 11.1. The van der Waals surface area contributed by atoms with Gasteiger partial charge < -0.3 is 15.0 Å². The number of aromatic nitrogens is 3. The number of nitrogens with zero attached hydrogens (tertiary/aromatic N) is 3. The van der Waals surface area contributed by atoms with Crippen LogP contribution in [0.2, 0.25) is 0 Å². The molecule has 6 heteroatoms. The Morgan fingerprint density at radius 1 is 1.50 bits per heavy atom. The molecule has 0 atom stereocenters. The number of H-pyrrole nitrogens is 1. The van der Waals surface area contributed by atoms with Gasteiger partial charge in [0.2, 0.25) is 0 Å². The van der Waals surface area contributed by atoms with Gasteiger partial charge in [-0.3, -0.25) is 4.79 Å². The number of anilines is 1. The van der Waals surface area contributed by atoms with Crippen LogP contribution in [0.15, 0.2) is 18.6 Å². The van der Waals surface area contributed by atoms with Crippen LogP contribution in [0, 0.1) is 5.92 Å². The largest absolute Gasteiger partial charge is 0.481 e. The Bertz CT molecular complexity index is 544. The molecule has 1 fully saturated rings. The van der Waals surface area contributed by atoms with E-state index in [9.17, 15) is 4.79 Å². The molecule has 1 aliphatic rings. The maximum absolute atomic E-state index is 10.7. The molecule has 2 N–H and O–H groups in total. The van der Waals surface area contributed by atoms with Gasteiger partial charge >= 0.3 is 5.97 Å². The summed E-state index contributed by atoms with van der Waals surface area (Å²) in [7, 11) is 0. The molecule has 3 rings (SSSR count). The van der Waals surface area contributed by atoms with Gasteiger partial charge in [0.15, 0.2) is 0 Å². The van der Waals surface area contributed by atoms with Crippen molar-refractivity contribution < 1.29 is 9.90 Å². The lowest BCUT2D eigenvalue weighted by Crippen LogP contribution is -2.50. The third-order valence-electron chi connectivity index (χ3n) is 2.86. The Kier molecular flexibility index (Phi) is 1.82. The van der Waals surface area contributed by atoms with Crippen LogP contribution in [0.1, 0.15) is 0 Å². The summed E-state index contributed by atoms with van der Waals surface area (Å²) in [6.07, 6.45) is 3.29. The van der Waals surface area contributed by atoms with E-state index in [1.807, 2.05) is 11.0 Å². The normalized spacial score (nSPS) is 16.4. The van der Waals surface area contributed by atoms with Crippen molar-refractivity contribution in [3.8, 4) is 0 Å². The molecule has 16 heavy (non-hydrogen) atoms. The smallest absolute Gasteiger partial charge is 0.310 e. The molecule has 1 saturated heterocycles. The lowest BCUT2D eigenvalue weighted by atomic mass is 10.0. The summed E-state index contributed by atoms with van der Waals surface area (Å²) >= 11 is 0. The minimum absolute atomic E-state index is 0.274. The first kappa shape index (κ1) is 9.14. The third kappa shape index (κ3) is 1.23. The number of rotatable bonds is 2. The Morgan fingerprint density at radius 2 is 2.31 bits per heavy atom. The van der Waals surface area contributed by atoms with Gasteiger partial charge in [-0.15, -0.1) is 0 Å². The predicted molar refractivity (Wildman–Crippen MR) is 57.2 cm³/mol. The number of nitrogens with one attached hydrogen (secondary N) is 1. The second-order valence-electron chi connectivity index (χ2n) is 3.88. The van der Waals surface area contributed by atoms with E-state index in [0.717, 1.165) is 16.9 Å². The number of carbonyl (C=O) groups is 1. The van der Waals surface area contributed by atoms with Gasteiger partial charge in [0.25, 0.3) is 0 Å². The summed E-state index contributed by atoms with van der Waals surface area (Å²) in [4.78, 5) is 23.9. The van der Waals surface area contributed by atoms with E-state index in [0.29, 0.717) is 13.1 Å². The first-order chi connectivity index (χ1) is 7.75. The Hall–Kier alpha value is -2.11. The molecule has 3 heterocycles. The van der Waals surface area contributed by atoms with Crippen molar-refractivity contribution in [2.75, 3.05) is 18.0 Å². The number of aromatic amines is 1. The van der Waals surface area contributed by atoms with E-state index < -0.39 is 5.97 Å². The highest BCUT2D eigenvalue weighted by Gasteiger charge is 2.34. The highest BCUT2D eigenvalue weighted by molar-refractivity contribution is 5.88. The minimum atomic E-state index is -0.740. The summed E-state index contributed by atoms with van der Waals surface area (Å²) in [5.74, 6) is -0.205. The molecule has 6 nitrogen and oxygen atoms in total. The van der Waals surface area contributed by atoms with Crippen molar-refractivity contribution in [2.24, 2.45) is 5.92 Å². The lowest BCUT2D eigenvalue weighted by molar-refractivity contribution is -0.142. The van der Waals surface area contributed by atoms with Crippen LogP contribution in [-0.2, 0) is 4.79 Å². The fourth-order valence-corrected chi connectivity index (χ4v) is 1.92. The van der Waals surface area contributed by atoms with E-state index in [1.165, 1.54) is 6.33 Å². The molecular formula is C10H10N4O2. The van der Waals surface area contributed by atoms with Crippen LogP contribution in [0.25, 0.3) is 11.0 Å². The van der Waals surface area contributed by atoms with Gasteiger partial charge in [-0.1, -0.05) is 0 Å². The van der Waals surface area contributed by atoms with Gasteiger partial charge in [0.1, 0.15) is 17.8 Å². The zero-order valence-corrected chi connectivity index (χ0v) is 8.42. The van der Waals surface area contributed by atoms with Gasteiger partial charge in [0, 0.05) is 19.3 Å². The second-order valence-corrected chi connectivity index (χ2v) is 3.88. The maximum atomic E-state index is 10.7. The molecule has 0 saturated carbocycles. The summed E-state index contributed by atoms with van der Waals surface area (Å²) in [5, 5.41) is 9.74. The third-order valence-corrected chi connectivity index (χ3v) is 2.86. The topological polar surface area (TPSA) is 82.1 Å². The number of carboxylic acids is 1. The molecule has 0 bridgehead atoms. The molecule has 1 aliphatic heterocycles. The summed E-state index contributed by atoms with van der Waals surface area (Å²) in [5.41, 5.74) is 0.781. The fourth-order valence-electron chi connectivity index (χ4n) is 1.92. The van der Waals surface area contributed by atoms with Crippen molar-refractivity contribution in [2.45, 2.75) is 0 Å². The molecule has 0 radical (unpaired) electrons. The quantitative estimate of drug-likeness (QED) is 0.766. The van der Waals surface area contributed by atoms with Crippen LogP contribution >= 0.6 is 0 Å². The highest BCUT2D eigenvalue weighted by atomic mass is 16.4. The maximum Gasteiger partial charge on any atom is 0.310 e. The van der Waals surface area contributed by atoms with Crippen molar-refractivity contribution >= 4 is 22.8 Å². The van der Waals surface area contributed by atoms with Crippen LogP contribution in [0.4, 0.5) is 5.82 Å². The first-order valence-electron chi connectivity index (χ1n) is 5.01. The molecule has 2 aromatic rings. The molecule has 0 aliphatic carbocycles. The van der Waals surface area contributed by atoms with Gasteiger partial charge in [-0.05, 0) is 6.07 Å². The van der Waals surface area contributed by atoms with Gasteiger partial charge in [0.05, 0.1) is 11.3 Å². The van der Waals surface area contributed by atoms with Crippen LogP contribution in [-0.4, -0.2) is 39.1 Å². The Morgan fingerprint density at radius 3 is 3.06 bits per heavy atom. The second kappa shape index (κ2) is 3.19. The molecule has 0 amide bonds. The van der Waals surface area contributed by atoms with E-state index in [2.05, 4.69) is 15.0 Å². The monoisotopic (exact) mass is 218 g/mol. The zero-order valence-electron chi connectivity index (χ0n) is 8.42. The van der Waals surface area contributed by atoms with Crippen molar-refractivity contribution in [3.63, 3.8) is 0 Å². The SMILES string of the molecule is O=C(O)C1CN(c2ncnc3[nH]ccc23)C1. The van der Waals surface area contributed by atoms with Crippen LogP contribution in [0.3, 0.4) is 0 Å². The van der Waals surface area contributed by atoms with Gasteiger partial charge in [-0.25, -0.2) is 9.97 Å². The number of fused-ring (bicyclic) bond motifs is 1. The number of hydrogen-bond acceptors (Lipinski definition) is 4. The number of carboxylic acid groups (broad SMARTS) is 1.